The minimum Gasteiger partial charge on any atom is -0.398 e. The summed E-state index contributed by atoms with van der Waals surface area (Å²) in [7, 11) is -2.23. The van der Waals surface area contributed by atoms with Crippen molar-refractivity contribution in [3.05, 3.63) is 23.2 Å². The molecule has 0 spiro atoms. The molecule has 0 atom stereocenters. The molecule has 0 aliphatic rings. The number of rotatable bonds is 6. The van der Waals surface area contributed by atoms with Crippen LogP contribution in [0.2, 0.25) is 5.02 Å². The second kappa shape index (κ2) is 6.56. The zero-order valence-electron chi connectivity index (χ0n) is 11.3. The molecule has 19 heavy (non-hydrogen) atoms. The van der Waals surface area contributed by atoms with E-state index in [0.29, 0.717) is 6.61 Å². The van der Waals surface area contributed by atoms with Gasteiger partial charge in [0.25, 0.3) is 0 Å². The molecule has 0 saturated carbocycles. The van der Waals surface area contributed by atoms with Crippen LogP contribution in [0, 0.1) is 0 Å². The normalized spacial score (nSPS) is 12.3. The Kier molecular flexibility index (Phi) is 5.61. The second-order valence-electron chi connectivity index (χ2n) is 4.40. The molecule has 1 aromatic rings. The van der Waals surface area contributed by atoms with Crippen LogP contribution in [0.3, 0.4) is 0 Å². The van der Waals surface area contributed by atoms with E-state index in [0.717, 1.165) is 0 Å². The van der Waals surface area contributed by atoms with Gasteiger partial charge in [0.15, 0.2) is 0 Å². The molecule has 0 aliphatic carbocycles. The number of likely N-dealkylation sites (N-methyl/N-ethyl adjacent to an activating group) is 1. The predicted molar refractivity (Wildman–Crippen MR) is 76.8 cm³/mol. The summed E-state index contributed by atoms with van der Waals surface area (Å²) in [5, 5.41) is 0.122. The smallest absolute Gasteiger partial charge is 0.246 e. The number of hydrogen-bond donors (Lipinski definition) is 1. The molecule has 108 valence electrons. The van der Waals surface area contributed by atoms with Crippen molar-refractivity contribution in [1.82, 2.24) is 4.31 Å². The van der Waals surface area contributed by atoms with Gasteiger partial charge in [-0.15, -0.1) is 0 Å². The van der Waals surface area contributed by atoms with E-state index < -0.39 is 10.0 Å². The SMILES string of the molecule is CC(C)OCCN(C)S(=O)(=O)c1c(N)cccc1Cl. The highest BCUT2D eigenvalue weighted by Gasteiger charge is 2.25. The third-order valence-electron chi connectivity index (χ3n) is 2.52. The third-order valence-corrected chi connectivity index (χ3v) is 4.92. The Morgan fingerprint density at radius 3 is 2.58 bits per heavy atom. The van der Waals surface area contributed by atoms with Gasteiger partial charge >= 0.3 is 0 Å². The Morgan fingerprint density at radius 1 is 1.42 bits per heavy atom. The lowest BCUT2D eigenvalue weighted by molar-refractivity contribution is 0.0737. The summed E-state index contributed by atoms with van der Waals surface area (Å²) in [5.74, 6) is 0. The van der Waals surface area contributed by atoms with Gasteiger partial charge in [-0.1, -0.05) is 17.7 Å². The van der Waals surface area contributed by atoms with Crippen LogP contribution in [0.25, 0.3) is 0 Å². The first-order chi connectivity index (χ1) is 8.76. The highest BCUT2D eigenvalue weighted by Crippen LogP contribution is 2.29. The van der Waals surface area contributed by atoms with Gasteiger partial charge in [-0.2, -0.15) is 4.31 Å². The Labute approximate surface area is 119 Å². The fraction of sp³-hybridized carbons (Fsp3) is 0.500. The molecule has 7 heteroatoms. The van der Waals surface area contributed by atoms with Crippen molar-refractivity contribution in [2.24, 2.45) is 0 Å². The molecule has 0 aromatic heterocycles. The lowest BCUT2D eigenvalue weighted by atomic mass is 10.3. The van der Waals surface area contributed by atoms with Gasteiger partial charge in [-0.3, -0.25) is 0 Å². The molecule has 0 bridgehead atoms. The number of nitrogens with zero attached hydrogens (tertiary/aromatic N) is 1. The third kappa shape index (κ3) is 4.07. The van der Waals surface area contributed by atoms with E-state index in [1.54, 1.807) is 6.07 Å². The number of anilines is 1. The molecule has 1 rings (SSSR count). The quantitative estimate of drug-likeness (QED) is 0.816. The molecule has 0 radical (unpaired) electrons. The highest BCUT2D eigenvalue weighted by molar-refractivity contribution is 7.89. The number of nitrogens with two attached hydrogens (primary N) is 1. The summed E-state index contributed by atoms with van der Waals surface area (Å²) in [6.45, 7) is 4.34. The summed E-state index contributed by atoms with van der Waals surface area (Å²) in [6, 6.07) is 4.62. The highest BCUT2D eigenvalue weighted by atomic mass is 35.5. The summed E-state index contributed by atoms with van der Waals surface area (Å²) < 4.78 is 31.2. The van der Waals surface area contributed by atoms with Gasteiger partial charge in [0.05, 0.1) is 23.4 Å². The van der Waals surface area contributed by atoms with Gasteiger partial charge in [0.2, 0.25) is 10.0 Å². The summed E-state index contributed by atoms with van der Waals surface area (Å²) in [4.78, 5) is -0.0521. The summed E-state index contributed by atoms with van der Waals surface area (Å²) in [6.07, 6.45) is 0.0569. The lowest BCUT2D eigenvalue weighted by Crippen LogP contribution is -2.31. The van der Waals surface area contributed by atoms with E-state index >= 15 is 0 Å². The first-order valence-corrected chi connectivity index (χ1v) is 7.70. The van der Waals surface area contributed by atoms with Crippen LogP contribution < -0.4 is 5.73 Å². The second-order valence-corrected chi connectivity index (χ2v) is 6.79. The van der Waals surface area contributed by atoms with Gasteiger partial charge in [0, 0.05) is 13.6 Å². The first kappa shape index (κ1) is 16.2. The Bertz CT molecular complexity index is 512. The molecule has 0 amide bonds. The van der Waals surface area contributed by atoms with Crippen molar-refractivity contribution in [2.75, 3.05) is 25.9 Å². The van der Waals surface area contributed by atoms with Gasteiger partial charge < -0.3 is 10.5 Å². The summed E-state index contributed by atoms with van der Waals surface area (Å²) >= 11 is 5.93. The average Bonchev–Trinajstić information content (AvgIpc) is 2.27. The Balaban J connectivity index is 2.91. The molecular weight excluding hydrogens is 288 g/mol. The van der Waals surface area contributed by atoms with Crippen LogP contribution in [0.15, 0.2) is 23.1 Å². The van der Waals surface area contributed by atoms with Crippen LogP contribution in [0.5, 0.6) is 0 Å². The van der Waals surface area contributed by atoms with Gasteiger partial charge in [-0.05, 0) is 26.0 Å². The van der Waals surface area contributed by atoms with Crippen molar-refractivity contribution < 1.29 is 13.2 Å². The average molecular weight is 307 g/mol. The van der Waals surface area contributed by atoms with Crippen molar-refractivity contribution in [3.8, 4) is 0 Å². The molecule has 0 saturated heterocycles. The summed E-state index contributed by atoms with van der Waals surface area (Å²) in [5.41, 5.74) is 5.84. The number of ether oxygens (including phenoxy) is 1. The van der Waals surface area contributed by atoms with Crippen LogP contribution >= 0.6 is 11.6 Å². The van der Waals surface area contributed by atoms with Gasteiger partial charge in [0.1, 0.15) is 4.90 Å². The van der Waals surface area contributed by atoms with Crippen molar-refractivity contribution in [1.29, 1.82) is 0 Å². The van der Waals surface area contributed by atoms with Crippen LogP contribution in [0.4, 0.5) is 5.69 Å². The van der Waals surface area contributed by atoms with E-state index in [4.69, 9.17) is 22.1 Å². The van der Waals surface area contributed by atoms with E-state index in [-0.39, 0.29) is 28.3 Å². The maximum absolute atomic E-state index is 12.4. The molecule has 0 aliphatic heterocycles. The fourth-order valence-electron chi connectivity index (χ4n) is 1.49. The Hall–Kier alpha value is -0.820. The van der Waals surface area contributed by atoms with Crippen molar-refractivity contribution >= 4 is 27.3 Å². The fourth-order valence-corrected chi connectivity index (χ4v) is 3.27. The predicted octanol–water partition coefficient (Wildman–Crippen LogP) is 1.97. The molecule has 2 N–H and O–H groups in total. The Morgan fingerprint density at radius 2 is 2.05 bits per heavy atom. The number of halogens is 1. The minimum absolute atomic E-state index is 0.0521. The first-order valence-electron chi connectivity index (χ1n) is 5.88. The van der Waals surface area contributed by atoms with Gasteiger partial charge in [-0.25, -0.2) is 8.42 Å². The van der Waals surface area contributed by atoms with E-state index in [9.17, 15) is 8.42 Å². The minimum atomic E-state index is -3.70. The number of nitrogen functional groups attached to an aromatic ring is 1. The maximum atomic E-state index is 12.4. The number of benzene rings is 1. The van der Waals surface area contributed by atoms with Crippen LogP contribution in [-0.2, 0) is 14.8 Å². The van der Waals surface area contributed by atoms with Crippen LogP contribution in [-0.4, -0.2) is 39.0 Å². The topological polar surface area (TPSA) is 72.6 Å². The number of sulfonamides is 1. The molecule has 1 aromatic carbocycles. The molecule has 0 unspecified atom stereocenters. The standard InChI is InChI=1S/C12H19ClN2O3S/c1-9(2)18-8-7-15(3)19(16,17)12-10(13)5-4-6-11(12)14/h4-6,9H,7-8,14H2,1-3H3. The molecule has 0 fully saturated rings. The van der Waals surface area contributed by atoms with Crippen LogP contribution in [0.1, 0.15) is 13.8 Å². The molecular formula is C12H19ClN2O3S. The lowest BCUT2D eigenvalue weighted by Gasteiger charge is -2.19. The van der Waals surface area contributed by atoms with E-state index in [1.807, 2.05) is 13.8 Å². The van der Waals surface area contributed by atoms with E-state index in [1.165, 1.54) is 23.5 Å². The maximum Gasteiger partial charge on any atom is 0.246 e. The largest absolute Gasteiger partial charge is 0.398 e. The van der Waals surface area contributed by atoms with E-state index in [2.05, 4.69) is 0 Å². The molecule has 5 nitrogen and oxygen atoms in total. The monoisotopic (exact) mass is 306 g/mol. The number of hydrogen-bond acceptors (Lipinski definition) is 4. The zero-order chi connectivity index (χ0) is 14.6. The zero-order valence-corrected chi connectivity index (χ0v) is 12.8. The van der Waals surface area contributed by atoms with Crippen molar-refractivity contribution in [2.45, 2.75) is 24.8 Å². The van der Waals surface area contributed by atoms with Crippen molar-refractivity contribution in [3.63, 3.8) is 0 Å². The molecule has 0 heterocycles.